The lowest BCUT2D eigenvalue weighted by Crippen LogP contribution is -2.35. The molecule has 4 heterocycles. The van der Waals surface area contributed by atoms with Gasteiger partial charge >= 0.3 is 5.97 Å². The van der Waals surface area contributed by atoms with Crippen LogP contribution < -0.4 is 20.5 Å². The van der Waals surface area contributed by atoms with Crippen LogP contribution in [0, 0.1) is 11.6 Å². The molecule has 0 radical (unpaired) electrons. The number of fused-ring (bicyclic) bond motifs is 6. The van der Waals surface area contributed by atoms with Crippen LogP contribution in [0.5, 0.6) is 11.6 Å². The van der Waals surface area contributed by atoms with Gasteiger partial charge in [0.25, 0.3) is 5.91 Å². The maximum atomic E-state index is 14.9. The van der Waals surface area contributed by atoms with E-state index in [1.807, 2.05) is 0 Å². The molecular weight excluding hydrogens is 687 g/mol. The minimum absolute atomic E-state index is 0.0648. The minimum atomic E-state index is -3.18. The van der Waals surface area contributed by atoms with Crippen molar-refractivity contribution >= 4 is 56.8 Å². The summed E-state index contributed by atoms with van der Waals surface area (Å²) in [4.78, 5) is 58.2. The molecule has 260 valence electrons. The van der Waals surface area contributed by atoms with Crippen LogP contribution in [-0.4, -0.2) is 90.9 Å². The molecule has 49 heavy (non-hydrogen) atoms. The number of carbonyl (C=O) groups excluding carboxylic acids is 3. The van der Waals surface area contributed by atoms with E-state index in [9.17, 15) is 32.2 Å². The van der Waals surface area contributed by atoms with Gasteiger partial charge in [0.1, 0.15) is 35.1 Å². The van der Waals surface area contributed by atoms with Crippen molar-refractivity contribution in [1.29, 1.82) is 0 Å². The SMILES string of the molecule is CS(=O)(Cc1cc2nc(c1)OCCCOc1cc(F)ccc1-c1cc(ncc1F)N2)=NC(=O)CCN1C(=O)CC(SC[C@H](N)C(=O)O)C1=O. The third kappa shape index (κ3) is 9.27. The topological polar surface area (TPSA) is 203 Å². The molecule has 5 rings (SSSR count). The van der Waals surface area contributed by atoms with Gasteiger partial charge in [-0.2, -0.15) is 9.35 Å². The first kappa shape index (κ1) is 35.6. The van der Waals surface area contributed by atoms with Crippen LogP contribution >= 0.6 is 11.8 Å². The van der Waals surface area contributed by atoms with Gasteiger partial charge in [-0.25, -0.2) is 18.0 Å². The Hall–Kier alpha value is -4.68. The minimum Gasteiger partial charge on any atom is -0.493 e. The second-order valence-electron chi connectivity index (χ2n) is 11.3. The van der Waals surface area contributed by atoms with Gasteiger partial charge < -0.3 is 25.6 Å². The Balaban J connectivity index is 1.30. The first-order chi connectivity index (χ1) is 23.3. The Morgan fingerprint density at radius 2 is 1.94 bits per heavy atom. The number of carboxylic acids is 1. The predicted octanol–water partition coefficient (Wildman–Crippen LogP) is 3.11. The Morgan fingerprint density at radius 1 is 1.16 bits per heavy atom. The third-order valence-corrected chi connectivity index (χ3v) is 10.1. The number of nitrogens with one attached hydrogen (secondary N) is 1. The van der Waals surface area contributed by atoms with Crippen molar-refractivity contribution in [3.8, 4) is 22.8 Å². The quantitative estimate of drug-likeness (QED) is 0.273. The normalized spacial score (nSPS) is 17.8. The predicted molar refractivity (Wildman–Crippen MR) is 176 cm³/mol. The summed E-state index contributed by atoms with van der Waals surface area (Å²) >= 11 is 0.961. The zero-order valence-electron chi connectivity index (χ0n) is 26.1. The molecule has 3 aromatic rings. The van der Waals surface area contributed by atoms with Crippen LogP contribution in [0.25, 0.3) is 11.1 Å². The van der Waals surface area contributed by atoms with Crippen LogP contribution in [0.15, 0.2) is 47.0 Å². The van der Waals surface area contributed by atoms with Gasteiger partial charge in [0.05, 0.1) is 40.1 Å². The van der Waals surface area contributed by atoms with Gasteiger partial charge in [-0.1, -0.05) is 0 Å². The molecule has 1 saturated heterocycles. The maximum Gasteiger partial charge on any atom is 0.321 e. The number of hydrogen-bond acceptors (Lipinski definition) is 12. The van der Waals surface area contributed by atoms with Gasteiger partial charge in [-0.15, -0.1) is 11.8 Å². The fourth-order valence-electron chi connectivity index (χ4n) is 5.00. The van der Waals surface area contributed by atoms with Crippen molar-refractivity contribution in [2.24, 2.45) is 10.1 Å². The molecule has 0 saturated carbocycles. The number of carboxylic acid groups (broad SMARTS) is 1. The lowest BCUT2D eigenvalue weighted by molar-refractivity contribution is -0.139. The summed E-state index contributed by atoms with van der Waals surface area (Å²) in [5.74, 6) is -3.83. The molecule has 1 aromatic carbocycles. The van der Waals surface area contributed by atoms with Crippen LogP contribution in [0.3, 0.4) is 0 Å². The van der Waals surface area contributed by atoms with Crippen molar-refractivity contribution in [2.75, 3.05) is 37.1 Å². The van der Waals surface area contributed by atoms with E-state index in [0.717, 1.165) is 22.9 Å². The molecule has 14 nitrogen and oxygen atoms in total. The number of pyridine rings is 2. The zero-order valence-corrected chi connectivity index (χ0v) is 27.7. The zero-order chi connectivity index (χ0) is 35.3. The number of carbonyl (C=O) groups is 4. The summed E-state index contributed by atoms with van der Waals surface area (Å²) in [6, 6.07) is 7.08. The summed E-state index contributed by atoms with van der Waals surface area (Å²) in [5, 5.41) is 11.1. The lowest BCUT2D eigenvalue weighted by Gasteiger charge is -2.16. The molecule has 3 atom stereocenters. The number of aromatic nitrogens is 2. The van der Waals surface area contributed by atoms with Crippen LogP contribution in [0.4, 0.5) is 20.4 Å². The number of aliphatic carboxylic acids is 1. The van der Waals surface area contributed by atoms with Crippen molar-refractivity contribution in [1.82, 2.24) is 14.9 Å². The first-order valence-corrected chi connectivity index (χ1v) is 18.1. The van der Waals surface area contributed by atoms with Gasteiger partial charge in [-0.3, -0.25) is 24.1 Å². The summed E-state index contributed by atoms with van der Waals surface area (Å²) in [5.41, 5.74) is 6.35. The molecular formula is C31H32F2N6O8S2. The standard InChI is InChI=1S/C31H32F2N6O8S2/c1-49(45,38-27(40)5-6-39-29(41)13-24(30(39)42)48-15-22(34)31(43)44)16-17-9-26-36-25-12-20(21(33)14-35-25)19-4-3-18(32)11-23(19)46-7-2-8-47-28(10-17)37-26/h3-4,9-12,14,22,24H,2,5-8,13,15-16,34H2,1H3,(H,43,44)(H,35,36,37)/t22-,24?,49?/m0/s1. The van der Waals surface area contributed by atoms with Crippen LogP contribution in [-0.2, 0) is 34.7 Å². The summed E-state index contributed by atoms with van der Waals surface area (Å²) < 4.78 is 57.8. The van der Waals surface area contributed by atoms with Crippen LogP contribution in [0.2, 0.25) is 0 Å². The van der Waals surface area contributed by atoms with Crippen molar-refractivity contribution in [2.45, 2.75) is 36.3 Å². The number of amides is 3. The molecule has 18 heteroatoms. The van der Waals surface area contributed by atoms with Gasteiger partial charge in [0, 0.05) is 61.1 Å². The highest BCUT2D eigenvalue weighted by atomic mass is 32.2. The molecule has 2 aromatic heterocycles. The fourth-order valence-corrected chi connectivity index (χ4v) is 7.48. The molecule has 2 aliphatic heterocycles. The second-order valence-corrected chi connectivity index (χ2v) is 14.9. The number of halogens is 2. The number of thioether (sulfide) groups is 1. The molecule has 0 aliphatic carbocycles. The number of hydrogen-bond donors (Lipinski definition) is 3. The first-order valence-electron chi connectivity index (χ1n) is 14.9. The number of imide groups is 1. The highest BCUT2D eigenvalue weighted by molar-refractivity contribution is 8.00. The number of nitrogens with two attached hydrogens (primary N) is 1. The summed E-state index contributed by atoms with van der Waals surface area (Å²) in [6.45, 7) is -0.00523. The number of anilines is 2. The number of likely N-dealkylation sites (tertiary alicyclic amines) is 1. The summed E-state index contributed by atoms with van der Waals surface area (Å²) in [6.07, 6.45) is 2.14. The highest BCUT2D eigenvalue weighted by Crippen LogP contribution is 2.35. The smallest absolute Gasteiger partial charge is 0.321 e. The largest absolute Gasteiger partial charge is 0.493 e. The highest BCUT2D eigenvalue weighted by Gasteiger charge is 2.39. The average Bonchev–Trinajstić information content (AvgIpc) is 3.30. The number of ether oxygens (including phenoxy) is 2. The van der Waals surface area contributed by atoms with Crippen molar-refractivity contribution in [3.05, 3.63) is 59.8 Å². The molecule has 3 amide bonds. The Morgan fingerprint density at radius 3 is 2.71 bits per heavy atom. The molecule has 2 unspecified atom stereocenters. The Labute approximate surface area is 283 Å². The Bertz CT molecular complexity index is 1920. The van der Waals surface area contributed by atoms with E-state index in [-0.39, 0.29) is 72.9 Å². The van der Waals surface area contributed by atoms with Gasteiger partial charge in [-0.05, 0) is 29.8 Å². The van der Waals surface area contributed by atoms with E-state index in [1.165, 1.54) is 36.6 Å². The number of nitrogens with zero attached hydrogens (tertiary/aromatic N) is 4. The van der Waals surface area contributed by atoms with Crippen molar-refractivity contribution < 1.29 is 46.7 Å². The molecule has 4 bridgehead atoms. The van der Waals surface area contributed by atoms with E-state index in [2.05, 4.69) is 19.6 Å². The van der Waals surface area contributed by atoms with Gasteiger partial charge in [0.2, 0.25) is 17.7 Å². The molecule has 0 spiro atoms. The molecule has 4 N–H and O–H groups in total. The summed E-state index contributed by atoms with van der Waals surface area (Å²) in [7, 11) is -3.18. The average molecular weight is 719 g/mol. The Kier molecular flexibility index (Phi) is 11.1. The van der Waals surface area contributed by atoms with Crippen molar-refractivity contribution in [3.63, 3.8) is 0 Å². The molecule has 1 fully saturated rings. The lowest BCUT2D eigenvalue weighted by atomic mass is 10.0. The van der Waals surface area contributed by atoms with E-state index in [4.69, 9.17) is 20.3 Å². The van der Waals surface area contributed by atoms with E-state index in [0.29, 0.717) is 17.5 Å². The second kappa shape index (κ2) is 15.3. The van der Waals surface area contributed by atoms with Crippen LogP contribution in [0.1, 0.15) is 24.8 Å². The molecule has 2 aliphatic rings. The third-order valence-electron chi connectivity index (χ3n) is 7.28. The van der Waals surface area contributed by atoms with Gasteiger partial charge in [0.15, 0.2) is 0 Å². The monoisotopic (exact) mass is 718 g/mol. The number of benzene rings is 1. The maximum absolute atomic E-state index is 14.9. The van der Waals surface area contributed by atoms with E-state index >= 15 is 0 Å². The number of rotatable bonds is 9. The van der Waals surface area contributed by atoms with E-state index < -0.39 is 56.3 Å². The van der Waals surface area contributed by atoms with E-state index in [1.54, 1.807) is 6.07 Å². The fraction of sp³-hybridized carbons (Fsp3) is 0.355.